The smallest absolute Gasteiger partial charge is 0.225 e. The van der Waals surface area contributed by atoms with Crippen LogP contribution in [-0.4, -0.2) is 50.6 Å². The number of carbonyl (C=O) groups is 2. The molecule has 3 rings (SSSR count). The molecule has 2 fully saturated rings. The lowest BCUT2D eigenvalue weighted by molar-refractivity contribution is -0.134. The van der Waals surface area contributed by atoms with Crippen molar-refractivity contribution >= 4 is 11.8 Å². The normalized spacial score (nSPS) is 22.0. The molecule has 2 atom stereocenters. The highest BCUT2D eigenvalue weighted by Gasteiger charge is 2.43. The molecule has 0 aromatic heterocycles. The van der Waals surface area contributed by atoms with Crippen molar-refractivity contribution in [3.05, 3.63) is 23.8 Å². The maximum absolute atomic E-state index is 13.1. The molecular formula is C23H34N2O4. The largest absolute Gasteiger partial charge is 0.497 e. The molecule has 0 unspecified atom stereocenters. The summed E-state index contributed by atoms with van der Waals surface area (Å²) in [6, 6.07) is 5.71. The van der Waals surface area contributed by atoms with Crippen molar-refractivity contribution in [3.8, 4) is 11.5 Å². The van der Waals surface area contributed by atoms with Gasteiger partial charge in [-0.25, -0.2) is 0 Å². The number of hydrogen-bond donors (Lipinski definition) is 1. The van der Waals surface area contributed by atoms with Gasteiger partial charge in [0.1, 0.15) is 11.5 Å². The molecule has 6 nitrogen and oxygen atoms in total. The number of benzene rings is 1. The van der Waals surface area contributed by atoms with Gasteiger partial charge in [-0.3, -0.25) is 9.59 Å². The van der Waals surface area contributed by atoms with Gasteiger partial charge in [0.25, 0.3) is 0 Å². The Morgan fingerprint density at radius 3 is 2.55 bits per heavy atom. The molecule has 0 spiro atoms. The number of hydrogen-bond acceptors (Lipinski definition) is 4. The zero-order valence-electron chi connectivity index (χ0n) is 17.9. The molecule has 1 saturated heterocycles. The second-order valence-electron chi connectivity index (χ2n) is 8.19. The van der Waals surface area contributed by atoms with Crippen molar-refractivity contribution in [2.75, 3.05) is 33.9 Å². The van der Waals surface area contributed by atoms with E-state index in [1.165, 1.54) is 0 Å². The lowest BCUT2D eigenvalue weighted by atomic mass is 9.87. The van der Waals surface area contributed by atoms with Gasteiger partial charge in [-0.15, -0.1) is 0 Å². The lowest BCUT2D eigenvalue weighted by Crippen LogP contribution is -2.37. The first-order valence-corrected chi connectivity index (χ1v) is 10.9. The molecule has 1 heterocycles. The number of unbranched alkanes of at least 4 members (excludes halogenated alkanes) is 1. The molecule has 1 aromatic carbocycles. The number of nitrogens with zero attached hydrogens (tertiary/aromatic N) is 1. The van der Waals surface area contributed by atoms with Gasteiger partial charge in [-0.2, -0.15) is 0 Å². The standard InChI is InChI=1S/C23H34N2O4/c1-4-5-12-24-22(26)20-15-25(23(27)16-8-6-7-9-16)14-19(20)18-11-10-17(28-2)13-21(18)29-3/h10-11,13,16,19-20H,4-9,12,14-15H2,1-3H3,(H,24,26)/t19-,20-/m1/s1. The fourth-order valence-electron chi connectivity index (χ4n) is 4.64. The van der Waals surface area contributed by atoms with Crippen LogP contribution >= 0.6 is 0 Å². The van der Waals surface area contributed by atoms with Crippen LogP contribution < -0.4 is 14.8 Å². The summed E-state index contributed by atoms with van der Waals surface area (Å²) in [7, 11) is 3.25. The van der Waals surface area contributed by atoms with E-state index < -0.39 is 0 Å². The van der Waals surface area contributed by atoms with Crippen LogP contribution in [0.2, 0.25) is 0 Å². The molecule has 0 bridgehead atoms. The molecule has 2 aliphatic rings. The summed E-state index contributed by atoms with van der Waals surface area (Å²) in [5.74, 6) is 1.44. The zero-order valence-corrected chi connectivity index (χ0v) is 17.9. The molecule has 29 heavy (non-hydrogen) atoms. The van der Waals surface area contributed by atoms with Crippen molar-refractivity contribution in [2.24, 2.45) is 11.8 Å². The minimum Gasteiger partial charge on any atom is -0.497 e. The number of likely N-dealkylation sites (tertiary alicyclic amines) is 1. The van der Waals surface area contributed by atoms with E-state index in [0.717, 1.165) is 44.1 Å². The predicted octanol–water partition coefficient (Wildman–Crippen LogP) is 3.35. The third kappa shape index (κ3) is 4.85. The number of methoxy groups -OCH3 is 2. The summed E-state index contributed by atoms with van der Waals surface area (Å²) in [6.07, 6.45) is 6.19. The Morgan fingerprint density at radius 1 is 1.14 bits per heavy atom. The highest BCUT2D eigenvalue weighted by molar-refractivity contribution is 5.84. The fourth-order valence-corrected chi connectivity index (χ4v) is 4.64. The van der Waals surface area contributed by atoms with E-state index in [4.69, 9.17) is 9.47 Å². The second-order valence-corrected chi connectivity index (χ2v) is 8.19. The van der Waals surface area contributed by atoms with Crippen LogP contribution in [0.3, 0.4) is 0 Å². The van der Waals surface area contributed by atoms with Crippen molar-refractivity contribution in [1.82, 2.24) is 10.2 Å². The molecule has 0 radical (unpaired) electrons. The zero-order chi connectivity index (χ0) is 20.8. The van der Waals surface area contributed by atoms with E-state index in [-0.39, 0.29) is 29.6 Å². The van der Waals surface area contributed by atoms with E-state index >= 15 is 0 Å². The molecule has 1 aromatic rings. The van der Waals surface area contributed by atoms with Crippen LogP contribution in [0, 0.1) is 11.8 Å². The summed E-state index contributed by atoms with van der Waals surface area (Å²) in [4.78, 5) is 28.0. The van der Waals surface area contributed by atoms with Gasteiger partial charge in [-0.05, 0) is 25.3 Å². The van der Waals surface area contributed by atoms with E-state index in [0.29, 0.717) is 31.1 Å². The Kier molecular flexibility index (Phi) is 7.40. The molecule has 2 amide bonds. The Balaban J connectivity index is 1.84. The quantitative estimate of drug-likeness (QED) is 0.677. The number of ether oxygens (including phenoxy) is 2. The number of amides is 2. The lowest BCUT2D eigenvalue weighted by Gasteiger charge is -2.21. The van der Waals surface area contributed by atoms with Crippen LogP contribution in [0.4, 0.5) is 0 Å². The maximum Gasteiger partial charge on any atom is 0.225 e. The van der Waals surface area contributed by atoms with Crippen molar-refractivity contribution in [3.63, 3.8) is 0 Å². The minimum atomic E-state index is -0.264. The third-order valence-electron chi connectivity index (χ3n) is 6.34. The summed E-state index contributed by atoms with van der Waals surface area (Å²) in [5, 5.41) is 3.07. The fraction of sp³-hybridized carbons (Fsp3) is 0.652. The van der Waals surface area contributed by atoms with E-state index in [2.05, 4.69) is 12.2 Å². The topological polar surface area (TPSA) is 67.9 Å². The van der Waals surface area contributed by atoms with Crippen LogP contribution in [0.25, 0.3) is 0 Å². The van der Waals surface area contributed by atoms with Gasteiger partial charge in [0, 0.05) is 43.1 Å². The average molecular weight is 403 g/mol. The Labute approximate surface area is 173 Å². The van der Waals surface area contributed by atoms with Gasteiger partial charge in [-0.1, -0.05) is 32.3 Å². The molecule has 1 saturated carbocycles. The first-order valence-electron chi connectivity index (χ1n) is 10.9. The van der Waals surface area contributed by atoms with Crippen molar-refractivity contribution in [2.45, 2.75) is 51.4 Å². The van der Waals surface area contributed by atoms with E-state index in [9.17, 15) is 9.59 Å². The summed E-state index contributed by atoms with van der Waals surface area (Å²) < 4.78 is 10.9. The average Bonchev–Trinajstić information content (AvgIpc) is 3.43. The van der Waals surface area contributed by atoms with E-state index in [1.54, 1.807) is 14.2 Å². The Hall–Kier alpha value is -2.24. The minimum absolute atomic E-state index is 0.0306. The summed E-state index contributed by atoms with van der Waals surface area (Å²) >= 11 is 0. The summed E-state index contributed by atoms with van der Waals surface area (Å²) in [6.45, 7) is 3.82. The number of nitrogens with one attached hydrogen (secondary N) is 1. The van der Waals surface area contributed by atoms with Gasteiger partial charge in [0.15, 0.2) is 0 Å². The highest BCUT2D eigenvalue weighted by atomic mass is 16.5. The molecule has 1 aliphatic heterocycles. The van der Waals surface area contributed by atoms with Crippen molar-refractivity contribution < 1.29 is 19.1 Å². The van der Waals surface area contributed by atoms with E-state index in [1.807, 2.05) is 23.1 Å². The summed E-state index contributed by atoms with van der Waals surface area (Å²) in [5.41, 5.74) is 0.964. The van der Waals surface area contributed by atoms with Crippen LogP contribution in [0.1, 0.15) is 56.9 Å². The second kappa shape index (κ2) is 9.99. The molecule has 6 heteroatoms. The number of rotatable bonds is 8. The Bertz CT molecular complexity index is 715. The van der Waals surface area contributed by atoms with Crippen LogP contribution in [-0.2, 0) is 9.59 Å². The predicted molar refractivity (Wildman–Crippen MR) is 112 cm³/mol. The van der Waals surface area contributed by atoms with Gasteiger partial charge >= 0.3 is 0 Å². The first-order chi connectivity index (χ1) is 14.1. The van der Waals surface area contributed by atoms with Crippen molar-refractivity contribution in [1.29, 1.82) is 0 Å². The molecule has 160 valence electrons. The van der Waals surface area contributed by atoms with Gasteiger partial charge in [0.05, 0.1) is 20.1 Å². The highest BCUT2D eigenvalue weighted by Crippen LogP contribution is 2.40. The SMILES string of the molecule is CCCCNC(=O)[C@@H]1CN(C(=O)C2CCCC2)C[C@@H]1c1ccc(OC)cc1OC. The monoisotopic (exact) mass is 402 g/mol. The van der Waals surface area contributed by atoms with Crippen LogP contribution in [0.5, 0.6) is 11.5 Å². The molecular weight excluding hydrogens is 368 g/mol. The van der Waals surface area contributed by atoms with Gasteiger partial charge < -0.3 is 19.7 Å². The number of carbonyl (C=O) groups excluding carboxylic acids is 2. The Morgan fingerprint density at radius 2 is 1.90 bits per heavy atom. The first kappa shape index (κ1) is 21.5. The maximum atomic E-state index is 13.1. The van der Waals surface area contributed by atoms with Gasteiger partial charge in [0.2, 0.25) is 11.8 Å². The molecule has 1 N–H and O–H groups in total. The third-order valence-corrected chi connectivity index (χ3v) is 6.34. The van der Waals surface area contributed by atoms with Crippen LogP contribution in [0.15, 0.2) is 18.2 Å². The molecule has 1 aliphatic carbocycles.